The molecule has 0 aromatic heterocycles. The van der Waals surface area contributed by atoms with Crippen molar-refractivity contribution in [2.45, 2.75) is 25.7 Å². The van der Waals surface area contributed by atoms with E-state index in [0.29, 0.717) is 0 Å². The number of hydrogen-bond acceptors (Lipinski definition) is 1. The van der Waals surface area contributed by atoms with Crippen LogP contribution in [-0.4, -0.2) is 11.1 Å². The summed E-state index contributed by atoms with van der Waals surface area (Å²) in [6, 6.07) is 1.01. The van der Waals surface area contributed by atoms with Gasteiger partial charge in [0.25, 0.3) is 0 Å². The summed E-state index contributed by atoms with van der Waals surface area (Å²) in [5.41, 5.74) is -5.78. The smallest absolute Gasteiger partial charge is 0.417 e. The summed E-state index contributed by atoms with van der Waals surface area (Å²) >= 11 is 0. The molecule has 0 aliphatic heterocycles. The molecule has 0 atom stereocenters. The number of alkyl halides is 6. The Bertz CT molecular complexity index is 501. The topological polar surface area (TPSA) is 37.3 Å². The van der Waals surface area contributed by atoms with Gasteiger partial charge in [-0.3, -0.25) is 0 Å². The molecule has 0 saturated carbocycles. The van der Waals surface area contributed by atoms with Gasteiger partial charge in [-0.15, -0.1) is 0 Å². The molecule has 8 heteroatoms. The van der Waals surface area contributed by atoms with Crippen LogP contribution in [0.15, 0.2) is 12.1 Å². The lowest BCUT2D eigenvalue weighted by Crippen LogP contribution is -2.22. The van der Waals surface area contributed by atoms with Crippen molar-refractivity contribution in [3.8, 4) is 0 Å². The van der Waals surface area contributed by atoms with Crippen molar-refractivity contribution in [3.05, 3.63) is 34.4 Å². The van der Waals surface area contributed by atoms with E-state index in [1.54, 1.807) is 0 Å². The fourth-order valence-electron chi connectivity index (χ4n) is 1.72. The van der Waals surface area contributed by atoms with Crippen molar-refractivity contribution in [1.82, 2.24) is 0 Å². The Hall–Kier alpha value is -1.73. The summed E-state index contributed by atoms with van der Waals surface area (Å²) in [4.78, 5) is 10.9. The molecule has 0 saturated heterocycles. The second kappa shape index (κ2) is 4.75. The maximum Gasteiger partial charge on any atom is 0.417 e. The molecule has 19 heavy (non-hydrogen) atoms. The Morgan fingerprint density at radius 3 is 1.95 bits per heavy atom. The number of carboxylic acids is 1. The third-order valence-electron chi connectivity index (χ3n) is 2.48. The van der Waals surface area contributed by atoms with E-state index in [4.69, 9.17) is 5.11 Å². The zero-order chi connectivity index (χ0) is 15.0. The number of hydrogen-bond donors (Lipinski definition) is 1. The predicted octanol–water partition coefficient (Wildman–Crippen LogP) is 3.98. The van der Waals surface area contributed by atoms with Crippen molar-refractivity contribution < 1.29 is 36.2 Å². The standard InChI is InChI=1S/C11H8F6O2/c1-2-5-3-4-6(10(12,13)14)8(11(15,16)17)7(5)9(18)19/h3-4H,2H2,1H3,(H,18,19). The lowest BCUT2D eigenvalue weighted by molar-refractivity contribution is -0.162. The first-order valence-corrected chi connectivity index (χ1v) is 5.03. The normalized spacial score (nSPS) is 12.6. The van der Waals surface area contributed by atoms with Crippen LogP contribution in [0.2, 0.25) is 0 Å². The summed E-state index contributed by atoms with van der Waals surface area (Å²) < 4.78 is 76.0. The molecule has 0 bridgehead atoms. The van der Waals surface area contributed by atoms with E-state index in [1.165, 1.54) is 6.92 Å². The van der Waals surface area contributed by atoms with E-state index in [2.05, 4.69) is 0 Å². The zero-order valence-corrected chi connectivity index (χ0v) is 9.49. The van der Waals surface area contributed by atoms with Crippen LogP contribution in [0.5, 0.6) is 0 Å². The Balaban J connectivity index is 3.81. The summed E-state index contributed by atoms with van der Waals surface area (Å²) in [5.74, 6) is -2.03. The number of aromatic carboxylic acids is 1. The third-order valence-corrected chi connectivity index (χ3v) is 2.48. The van der Waals surface area contributed by atoms with Crippen LogP contribution in [0, 0.1) is 0 Å². The Labute approximate surface area is 103 Å². The second-order valence-corrected chi connectivity index (χ2v) is 3.68. The van der Waals surface area contributed by atoms with Gasteiger partial charge in [-0.1, -0.05) is 13.0 Å². The highest BCUT2D eigenvalue weighted by atomic mass is 19.4. The maximum absolute atomic E-state index is 12.8. The van der Waals surface area contributed by atoms with Crippen molar-refractivity contribution in [2.75, 3.05) is 0 Å². The maximum atomic E-state index is 12.8. The lowest BCUT2D eigenvalue weighted by atomic mass is 9.93. The molecule has 1 aromatic rings. The van der Waals surface area contributed by atoms with Crippen LogP contribution in [0.25, 0.3) is 0 Å². The van der Waals surface area contributed by atoms with E-state index in [0.717, 1.165) is 6.07 Å². The molecule has 1 N–H and O–H groups in total. The lowest BCUT2D eigenvalue weighted by Gasteiger charge is -2.19. The Kier molecular flexibility index (Phi) is 3.83. The largest absolute Gasteiger partial charge is 0.478 e. The fourth-order valence-corrected chi connectivity index (χ4v) is 1.72. The molecule has 0 aliphatic rings. The minimum atomic E-state index is -5.40. The van der Waals surface area contributed by atoms with E-state index >= 15 is 0 Å². The number of benzene rings is 1. The Morgan fingerprint density at radius 2 is 1.63 bits per heavy atom. The quantitative estimate of drug-likeness (QED) is 0.835. The van der Waals surface area contributed by atoms with Gasteiger partial charge < -0.3 is 5.11 Å². The minimum absolute atomic E-state index is 0.122. The number of aryl methyl sites for hydroxylation is 1. The van der Waals surface area contributed by atoms with Gasteiger partial charge in [0.05, 0.1) is 16.7 Å². The number of rotatable bonds is 2. The summed E-state index contributed by atoms with van der Waals surface area (Å²) in [5, 5.41) is 8.76. The fraction of sp³-hybridized carbons (Fsp3) is 0.364. The van der Waals surface area contributed by atoms with Crippen LogP contribution < -0.4 is 0 Å². The summed E-state index contributed by atoms with van der Waals surface area (Å²) in [6.07, 6.45) is -10.8. The van der Waals surface area contributed by atoms with Crippen molar-refractivity contribution in [2.24, 2.45) is 0 Å². The van der Waals surface area contributed by atoms with Crippen LogP contribution >= 0.6 is 0 Å². The van der Waals surface area contributed by atoms with Crippen LogP contribution in [0.4, 0.5) is 26.3 Å². The highest BCUT2D eigenvalue weighted by Crippen LogP contribution is 2.43. The monoisotopic (exact) mass is 286 g/mol. The summed E-state index contributed by atoms with van der Waals surface area (Å²) in [6.45, 7) is 1.36. The highest BCUT2D eigenvalue weighted by Gasteiger charge is 2.46. The Morgan fingerprint density at radius 1 is 1.11 bits per heavy atom. The first kappa shape index (κ1) is 15.3. The van der Waals surface area contributed by atoms with Crippen molar-refractivity contribution in [1.29, 1.82) is 0 Å². The van der Waals surface area contributed by atoms with Gasteiger partial charge in [0.15, 0.2) is 0 Å². The van der Waals surface area contributed by atoms with Crippen molar-refractivity contribution in [3.63, 3.8) is 0 Å². The van der Waals surface area contributed by atoms with Gasteiger partial charge in [-0.2, -0.15) is 26.3 Å². The van der Waals surface area contributed by atoms with E-state index in [-0.39, 0.29) is 18.1 Å². The zero-order valence-electron chi connectivity index (χ0n) is 9.49. The molecule has 0 aliphatic carbocycles. The van der Waals surface area contributed by atoms with Gasteiger partial charge in [0.2, 0.25) is 0 Å². The van der Waals surface area contributed by atoms with Gasteiger partial charge in [-0.25, -0.2) is 4.79 Å². The van der Waals surface area contributed by atoms with E-state index in [9.17, 15) is 31.1 Å². The molecule has 0 amide bonds. The predicted molar refractivity (Wildman–Crippen MR) is 52.8 cm³/mol. The molecule has 0 fully saturated rings. The average molecular weight is 286 g/mol. The van der Waals surface area contributed by atoms with Gasteiger partial charge in [0, 0.05) is 0 Å². The molecule has 1 rings (SSSR count). The number of carbonyl (C=O) groups is 1. The van der Waals surface area contributed by atoms with Crippen LogP contribution in [-0.2, 0) is 18.8 Å². The molecule has 0 heterocycles. The van der Waals surface area contributed by atoms with E-state index < -0.39 is 35.0 Å². The van der Waals surface area contributed by atoms with E-state index in [1.807, 2.05) is 0 Å². The summed E-state index contributed by atoms with van der Waals surface area (Å²) in [7, 11) is 0. The van der Waals surface area contributed by atoms with Crippen LogP contribution in [0.1, 0.15) is 34.0 Å². The molecule has 2 nitrogen and oxygen atoms in total. The third kappa shape index (κ3) is 2.99. The van der Waals surface area contributed by atoms with Gasteiger partial charge >= 0.3 is 18.3 Å². The van der Waals surface area contributed by atoms with Crippen LogP contribution in [0.3, 0.4) is 0 Å². The van der Waals surface area contributed by atoms with Gasteiger partial charge in [-0.05, 0) is 18.1 Å². The number of carboxylic acid groups (broad SMARTS) is 1. The first-order chi connectivity index (χ1) is 8.50. The second-order valence-electron chi connectivity index (χ2n) is 3.68. The molecule has 0 unspecified atom stereocenters. The minimum Gasteiger partial charge on any atom is -0.478 e. The molecule has 1 aromatic carbocycles. The van der Waals surface area contributed by atoms with Gasteiger partial charge in [0.1, 0.15) is 0 Å². The molecule has 0 spiro atoms. The molecular formula is C11H8F6O2. The molecule has 0 radical (unpaired) electrons. The molecular weight excluding hydrogens is 278 g/mol. The first-order valence-electron chi connectivity index (χ1n) is 5.03. The number of halogens is 6. The highest BCUT2D eigenvalue weighted by molar-refractivity contribution is 5.92. The SMILES string of the molecule is CCc1ccc(C(F)(F)F)c(C(F)(F)F)c1C(=O)O. The van der Waals surface area contributed by atoms with Crippen molar-refractivity contribution >= 4 is 5.97 Å². The molecule has 106 valence electrons. The average Bonchev–Trinajstić information content (AvgIpc) is 2.24.